The first kappa shape index (κ1) is 17.0. The highest BCUT2D eigenvalue weighted by Gasteiger charge is 2.15. The number of carbonyl (C=O) groups is 1. The number of nitrogens with zero attached hydrogens (tertiary/aromatic N) is 2. The third-order valence-electron chi connectivity index (χ3n) is 4.60. The molecular weight excluding hydrogens is 334 g/mol. The van der Waals surface area contributed by atoms with Crippen molar-refractivity contribution < 1.29 is 4.79 Å². The van der Waals surface area contributed by atoms with Crippen LogP contribution >= 0.6 is 0 Å². The fraction of sp³-hybridized carbons (Fsp3) is 0.130. The van der Waals surface area contributed by atoms with Crippen molar-refractivity contribution in [2.75, 3.05) is 0 Å². The summed E-state index contributed by atoms with van der Waals surface area (Å²) in [4.78, 5) is 17.4. The molecule has 3 aromatic carbocycles. The van der Waals surface area contributed by atoms with Gasteiger partial charge in [0.1, 0.15) is 12.4 Å². The van der Waals surface area contributed by atoms with Crippen LogP contribution in [0.15, 0.2) is 78.9 Å². The Hall–Kier alpha value is -3.40. The molecule has 0 atom stereocenters. The molecular formula is C23H21N3O. The Kier molecular flexibility index (Phi) is 4.71. The summed E-state index contributed by atoms with van der Waals surface area (Å²) < 4.78 is 1.99. The zero-order valence-corrected chi connectivity index (χ0v) is 15.2. The number of amides is 1. The average molecular weight is 355 g/mol. The van der Waals surface area contributed by atoms with Crippen LogP contribution in [0.5, 0.6) is 0 Å². The maximum absolute atomic E-state index is 12.6. The van der Waals surface area contributed by atoms with Crippen LogP contribution in [0.1, 0.15) is 11.1 Å². The van der Waals surface area contributed by atoms with E-state index in [1.165, 1.54) is 5.56 Å². The van der Waals surface area contributed by atoms with Crippen molar-refractivity contribution >= 4 is 16.9 Å². The lowest BCUT2D eigenvalue weighted by Gasteiger charge is -2.10. The molecule has 0 spiro atoms. The predicted molar refractivity (Wildman–Crippen MR) is 108 cm³/mol. The van der Waals surface area contributed by atoms with Gasteiger partial charge >= 0.3 is 0 Å². The third-order valence-corrected chi connectivity index (χ3v) is 4.60. The van der Waals surface area contributed by atoms with E-state index in [-0.39, 0.29) is 12.5 Å². The Bertz CT molecular complexity index is 1070. The minimum Gasteiger partial charge on any atom is -0.350 e. The van der Waals surface area contributed by atoms with Crippen LogP contribution < -0.4 is 5.32 Å². The summed E-state index contributed by atoms with van der Waals surface area (Å²) in [7, 11) is 0. The average Bonchev–Trinajstić information content (AvgIpc) is 3.06. The van der Waals surface area contributed by atoms with E-state index in [4.69, 9.17) is 4.98 Å². The van der Waals surface area contributed by atoms with E-state index in [0.717, 1.165) is 28.0 Å². The number of aryl methyl sites for hydroxylation is 1. The van der Waals surface area contributed by atoms with E-state index in [0.29, 0.717) is 6.54 Å². The molecule has 0 aliphatic carbocycles. The SMILES string of the molecule is Cc1ccc(-c2nc3ccccc3n2CC(=O)NCc2ccccc2)cc1. The number of hydrogen-bond acceptors (Lipinski definition) is 2. The van der Waals surface area contributed by atoms with Crippen molar-refractivity contribution in [1.29, 1.82) is 0 Å². The number of rotatable bonds is 5. The number of hydrogen-bond donors (Lipinski definition) is 1. The monoisotopic (exact) mass is 355 g/mol. The quantitative estimate of drug-likeness (QED) is 0.579. The Balaban J connectivity index is 1.62. The molecule has 0 aliphatic rings. The van der Waals surface area contributed by atoms with Gasteiger partial charge in [0.15, 0.2) is 0 Å². The second kappa shape index (κ2) is 7.46. The molecule has 0 saturated heterocycles. The molecule has 4 nitrogen and oxygen atoms in total. The topological polar surface area (TPSA) is 46.9 Å². The first-order valence-corrected chi connectivity index (χ1v) is 9.03. The maximum Gasteiger partial charge on any atom is 0.240 e. The van der Waals surface area contributed by atoms with Crippen LogP contribution in [0, 0.1) is 6.92 Å². The molecule has 134 valence electrons. The van der Waals surface area contributed by atoms with Crippen LogP contribution in [0.2, 0.25) is 0 Å². The summed E-state index contributed by atoms with van der Waals surface area (Å²) in [5.41, 5.74) is 5.14. The fourth-order valence-electron chi connectivity index (χ4n) is 3.15. The molecule has 0 bridgehead atoms. The van der Waals surface area contributed by atoms with E-state index in [2.05, 4.69) is 36.5 Å². The van der Waals surface area contributed by atoms with Gasteiger partial charge in [-0.3, -0.25) is 4.79 Å². The van der Waals surface area contributed by atoms with Gasteiger partial charge in [-0.2, -0.15) is 0 Å². The van der Waals surface area contributed by atoms with Crippen LogP contribution in [-0.4, -0.2) is 15.5 Å². The van der Waals surface area contributed by atoms with Gasteiger partial charge in [0.2, 0.25) is 5.91 Å². The van der Waals surface area contributed by atoms with Gasteiger partial charge in [0.25, 0.3) is 0 Å². The molecule has 0 unspecified atom stereocenters. The van der Waals surface area contributed by atoms with Crippen molar-refractivity contribution in [3.05, 3.63) is 90.0 Å². The molecule has 4 rings (SSSR count). The molecule has 1 aromatic heterocycles. The number of benzene rings is 3. The first-order valence-electron chi connectivity index (χ1n) is 9.03. The van der Waals surface area contributed by atoms with Crippen molar-refractivity contribution in [3.8, 4) is 11.4 Å². The summed E-state index contributed by atoms with van der Waals surface area (Å²) in [6.07, 6.45) is 0. The van der Waals surface area contributed by atoms with Crippen LogP contribution in [0.4, 0.5) is 0 Å². The largest absolute Gasteiger partial charge is 0.350 e. The second-order valence-corrected chi connectivity index (χ2v) is 6.64. The first-order chi connectivity index (χ1) is 13.2. The van der Waals surface area contributed by atoms with Crippen molar-refractivity contribution in [2.45, 2.75) is 20.0 Å². The highest BCUT2D eigenvalue weighted by molar-refractivity contribution is 5.84. The number of aromatic nitrogens is 2. The minimum absolute atomic E-state index is 0.0321. The van der Waals surface area contributed by atoms with Crippen LogP contribution in [0.3, 0.4) is 0 Å². The van der Waals surface area contributed by atoms with Crippen molar-refractivity contribution in [3.63, 3.8) is 0 Å². The highest BCUT2D eigenvalue weighted by Crippen LogP contribution is 2.25. The van der Waals surface area contributed by atoms with E-state index >= 15 is 0 Å². The molecule has 1 heterocycles. The fourth-order valence-corrected chi connectivity index (χ4v) is 3.15. The Morgan fingerprint density at radius 1 is 0.926 bits per heavy atom. The summed E-state index contributed by atoms with van der Waals surface area (Å²) in [5.74, 6) is 0.779. The zero-order chi connectivity index (χ0) is 18.6. The lowest BCUT2D eigenvalue weighted by atomic mass is 10.1. The summed E-state index contributed by atoms with van der Waals surface area (Å²) in [6, 6.07) is 26.1. The van der Waals surface area contributed by atoms with Crippen molar-refractivity contribution in [1.82, 2.24) is 14.9 Å². The van der Waals surface area contributed by atoms with E-state index in [1.54, 1.807) is 0 Å². The predicted octanol–water partition coefficient (Wildman–Crippen LogP) is 4.33. The highest BCUT2D eigenvalue weighted by atomic mass is 16.1. The normalized spacial score (nSPS) is 10.9. The van der Waals surface area contributed by atoms with E-state index < -0.39 is 0 Å². The summed E-state index contributed by atoms with van der Waals surface area (Å²) in [5, 5.41) is 3.00. The Labute approximate surface area is 158 Å². The molecule has 0 fully saturated rings. The van der Waals surface area contributed by atoms with Crippen LogP contribution in [-0.2, 0) is 17.9 Å². The number of para-hydroxylation sites is 2. The molecule has 0 aliphatic heterocycles. The molecule has 0 saturated carbocycles. The summed E-state index contributed by atoms with van der Waals surface area (Å²) >= 11 is 0. The minimum atomic E-state index is -0.0321. The van der Waals surface area contributed by atoms with E-state index in [1.807, 2.05) is 59.2 Å². The van der Waals surface area contributed by atoms with Gasteiger partial charge in [-0.15, -0.1) is 0 Å². The number of carbonyl (C=O) groups excluding carboxylic acids is 1. The molecule has 4 heteroatoms. The molecule has 0 radical (unpaired) electrons. The van der Waals surface area contributed by atoms with Gasteiger partial charge in [0.05, 0.1) is 11.0 Å². The van der Waals surface area contributed by atoms with Gasteiger partial charge < -0.3 is 9.88 Å². The summed E-state index contributed by atoms with van der Waals surface area (Å²) in [6.45, 7) is 2.81. The van der Waals surface area contributed by atoms with Crippen molar-refractivity contribution in [2.24, 2.45) is 0 Å². The lowest BCUT2D eigenvalue weighted by Crippen LogP contribution is -2.27. The maximum atomic E-state index is 12.6. The third kappa shape index (κ3) is 3.75. The standard InChI is InChI=1S/C23H21N3O/c1-17-11-13-19(14-12-17)23-25-20-9-5-6-10-21(20)26(23)16-22(27)24-15-18-7-3-2-4-8-18/h2-14H,15-16H2,1H3,(H,24,27). The Morgan fingerprint density at radius 2 is 1.63 bits per heavy atom. The molecule has 1 N–H and O–H groups in total. The molecule has 1 amide bonds. The van der Waals surface area contributed by atoms with Gasteiger partial charge in [-0.1, -0.05) is 72.3 Å². The second-order valence-electron chi connectivity index (χ2n) is 6.64. The number of fused-ring (bicyclic) bond motifs is 1. The van der Waals surface area contributed by atoms with E-state index in [9.17, 15) is 4.79 Å². The lowest BCUT2D eigenvalue weighted by molar-refractivity contribution is -0.121. The number of nitrogens with one attached hydrogen (secondary N) is 1. The smallest absolute Gasteiger partial charge is 0.240 e. The molecule has 4 aromatic rings. The van der Waals surface area contributed by atoms with Gasteiger partial charge in [-0.05, 0) is 24.6 Å². The zero-order valence-electron chi connectivity index (χ0n) is 15.2. The van der Waals surface area contributed by atoms with Gasteiger partial charge in [0, 0.05) is 12.1 Å². The Morgan fingerprint density at radius 3 is 2.41 bits per heavy atom. The molecule has 27 heavy (non-hydrogen) atoms. The van der Waals surface area contributed by atoms with Crippen LogP contribution in [0.25, 0.3) is 22.4 Å². The number of imidazole rings is 1. The van der Waals surface area contributed by atoms with Gasteiger partial charge in [-0.25, -0.2) is 4.98 Å².